The summed E-state index contributed by atoms with van der Waals surface area (Å²) in [5.41, 5.74) is 1.13. The highest BCUT2D eigenvalue weighted by Crippen LogP contribution is 2.22. The van der Waals surface area contributed by atoms with Crippen molar-refractivity contribution in [3.05, 3.63) is 48.0 Å². The molecule has 1 amide bonds. The molecule has 0 spiro atoms. The van der Waals surface area contributed by atoms with Crippen molar-refractivity contribution in [3.63, 3.8) is 0 Å². The molecule has 1 saturated heterocycles. The van der Waals surface area contributed by atoms with Crippen molar-refractivity contribution >= 4 is 11.9 Å². The average molecular weight is 388 g/mol. The predicted molar refractivity (Wildman–Crippen MR) is 110 cm³/mol. The zero-order chi connectivity index (χ0) is 20.2. The van der Waals surface area contributed by atoms with E-state index in [1.807, 2.05) is 47.4 Å². The maximum absolute atomic E-state index is 12.5. The first-order valence-corrected chi connectivity index (χ1v) is 10.4. The first-order chi connectivity index (χ1) is 13.6. The lowest BCUT2D eigenvalue weighted by molar-refractivity contribution is -0.137. The fourth-order valence-electron chi connectivity index (χ4n) is 3.76. The van der Waals surface area contributed by atoms with Crippen LogP contribution in [0.25, 0.3) is 0 Å². The topological polar surface area (TPSA) is 77.8 Å². The molecule has 5 heteroatoms. The Bertz CT molecular complexity index is 629. The van der Waals surface area contributed by atoms with Crippen molar-refractivity contribution < 1.29 is 19.8 Å². The second kappa shape index (κ2) is 12.3. The van der Waals surface area contributed by atoms with E-state index in [4.69, 9.17) is 5.11 Å². The van der Waals surface area contributed by atoms with Gasteiger partial charge < -0.3 is 15.1 Å². The number of amides is 1. The number of rotatable bonds is 11. The number of carbonyl (C=O) groups is 2. The molecule has 0 aliphatic carbocycles. The minimum Gasteiger partial charge on any atom is -0.481 e. The largest absolute Gasteiger partial charge is 0.481 e. The summed E-state index contributed by atoms with van der Waals surface area (Å²) in [4.78, 5) is 25.0. The second-order valence-corrected chi connectivity index (χ2v) is 7.62. The van der Waals surface area contributed by atoms with Crippen LogP contribution >= 0.6 is 0 Å². The van der Waals surface area contributed by atoms with Crippen LogP contribution in [0.4, 0.5) is 0 Å². The number of hydrogen-bond acceptors (Lipinski definition) is 3. The summed E-state index contributed by atoms with van der Waals surface area (Å²) in [6, 6.07) is 10.2. The van der Waals surface area contributed by atoms with E-state index in [1.54, 1.807) is 0 Å². The summed E-state index contributed by atoms with van der Waals surface area (Å²) in [7, 11) is 0. The number of aliphatic hydroxyl groups excluding tert-OH is 1. The molecule has 1 heterocycles. The van der Waals surface area contributed by atoms with Gasteiger partial charge in [-0.25, -0.2) is 0 Å². The molecule has 0 aromatic heterocycles. The molecule has 2 rings (SSSR count). The van der Waals surface area contributed by atoms with E-state index in [0.29, 0.717) is 32.2 Å². The Morgan fingerprint density at radius 1 is 1.21 bits per heavy atom. The van der Waals surface area contributed by atoms with Crippen molar-refractivity contribution in [1.29, 1.82) is 0 Å². The number of carbonyl (C=O) groups excluding carboxylic acids is 1. The lowest BCUT2D eigenvalue weighted by Crippen LogP contribution is -2.39. The summed E-state index contributed by atoms with van der Waals surface area (Å²) in [6.45, 7) is 0.575. The SMILES string of the molecule is O=C(O)CCC/C=C\CN1C(=O)CCCCC1CCC(O)Cc1ccccc1. The molecule has 28 heavy (non-hydrogen) atoms. The maximum Gasteiger partial charge on any atom is 0.303 e. The van der Waals surface area contributed by atoms with Crippen LogP contribution in [0.2, 0.25) is 0 Å². The number of nitrogens with zero attached hydrogens (tertiary/aromatic N) is 1. The Labute approximate surface area is 168 Å². The number of unbranched alkanes of at least 4 members (excludes halogenated alkanes) is 1. The molecule has 1 aromatic rings. The van der Waals surface area contributed by atoms with Gasteiger partial charge in [-0.15, -0.1) is 0 Å². The Balaban J connectivity index is 1.83. The summed E-state index contributed by atoms with van der Waals surface area (Å²) in [6.07, 6.45) is 10.8. The smallest absolute Gasteiger partial charge is 0.303 e. The Morgan fingerprint density at radius 3 is 2.75 bits per heavy atom. The molecule has 154 valence electrons. The molecule has 1 aliphatic rings. The first kappa shape index (κ1) is 22.2. The molecule has 2 atom stereocenters. The van der Waals surface area contributed by atoms with E-state index in [9.17, 15) is 14.7 Å². The van der Waals surface area contributed by atoms with Gasteiger partial charge in [-0.1, -0.05) is 48.9 Å². The second-order valence-electron chi connectivity index (χ2n) is 7.62. The summed E-state index contributed by atoms with van der Waals surface area (Å²) in [5.74, 6) is -0.583. The van der Waals surface area contributed by atoms with Crippen LogP contribution in [0.5, 0.6) is 0 Å². The van der Waals surface area contributed by atoms with Gasteiger partial charge in [0, 0.05) is 25.4 Å². The molecule has 1 aromatic carbocycles. The van der Waals surface area contributed by atoms with E-state index >= 15 is 0 Å². The quantitative estimate of drug-likeness (QED) is 0.445. The van der Waals surface area contributed by atoms with Gasteiger partial charge in [-0.2, -0.15) is 0 Å². The normalized spacial score (nSPS) is 19.0. The van der Waals surface area contributed by atoms with E-state index in [0.717, 1.165) is 37.7 Å². The Kier molecular flexibility index (Phi) is 9.77. The number of likely N-dealkylation sites (tertiary alicyclic amines) is 1. The fourth-order valence-corrected chi connectivity index (χ4v) is 3.76. The van der Waals surface area contributed by atoms with Gasteiger partial charge in [-0.3, -0.25) is 9.59 Å². The van der Waals surface area contributed by atoms with Crippen LogP contribution in [-0.4, -0.2) is 45.7 Å². The van der Waals surface area contributed by atoms with Gasteiger partial charge in [0.05, 0.1) is 6.10 Å². The number of aliphatic carboxylic acids is 1. The zero-order valence-electron chi connectivity index (χ0n) is 16.6. The van der Waals surface area contributed by atoms with Gasteiger partial charge in [-0.05, 0) is 50.5 Å². The molecule has 0 bridgehead atoms. The third-order valence-electron chi connectivity index (χ3n) is 5.32. The highest BCUT2D eigenvalue weighted by atomic mass is 16.4. The molecular formula is C23H33NO4. The number of carboxylic acid groups (broad SMARTS) is 1. The number of hydrogen-bond donors (Lipinski definition) is 2. The number of allylic oxidation sites excluding steroid dienone is 1. The number of aliphatic hydroxyl groups is 1. The van der Waals surface area contributed by atoms with Crippen LogP contribution in [0.1, 0.15) is 63.4 Å². The fraction of sp³-hybridized carbons (Fsp3) is 0.565. The highest BCUT2D eigenvalue weighted by molar-refractivity contribution is 5.77. The lowest BCUT2D eigenvalue weighted by Gasteiger charge is -2.30. The number of carboxylic acids is 1. The van der Waals surface area contributed by atoms with Crippen molar-refractivity contribution in [2.24, 2.45) is 0 Å². The van der Waals surface area contributed by atoms with Gasteiger partial charge in [0.25, 0.3) is 0 Å². The molecule has 0 radical (unpaired) electrons. The molecule has 1 fully saturated rings. The van der Waals surface area contributed by atoms with E-state index < -0.39 is 12.1 Å². The van der Waals surface area contributed by atoms with Crippen molar-refractivity contribution in [2.45, 2.75) is 76.4 Å². The van der Waals surface area contributed by atoms with Crippen molar-refractivity contribution in [2.75, 3.05) is 6.54 Å². The molecule has 2 unspecified atom stereocenters. The first-order valence-electron chi connectivity index (χ1n) is 10.4. The maximum atomic E-state index is 12.5. The molecular weight excluding hydrogens is 354 g/mol. The van der Waals surface area contributed by atoms with Gasteiger partial charge in [0.2, 0.25) is 5.91 Å². The molecule has 2 N–H and O–H groups in total. The van der Waals surface area contributed by atoms with Crippen LogP contribution in [0.15, 0.2) is 42.5 Å². The highest BCUT2D eigenvalue weighted by Gasteiger charge is 2.25. The van der Waals surface area contributed by atoms with E-state index in [-0.39, 0.29) is 18.4 Å². The van der Waals surface area contributed by atoms with Gasteiger partial charge in [0.15, 0.2) is 0 Å². The average Bonchev–Trinajstić information content (AvgIpc) is 2.85. The molecule has 5 nitrogen and oxygen atoms in total. The summed E-state index contributed by atoms with van der Waals surface area (Å²) < 4.78 is 0. The van der Waals surface area contributed by atoms with E-state index in [1.165, 1.54) is 0 Å². The van der Waals surface area contributed by atoms with Crippen molar-refractivity contribution in [1.82, 2.24) is 4.90 Å². The van der Waals surface area contributed by atoms with Crippen LogP contribution < -0.4 is 0 Å². The van der Waals surface area contributed by atoms with Crippen LogP contribution in [-0.2, 0) is 16.0 Å². The van der Waals surface area contributed by atoms with Gasteiger partial charge in [0.1, 0.15) is 0 Å². The Hall–Kier alpha value is -2.14. The minimum atomic E-state index is -0.773. The van der Waals surface area contributed by atoms with E-state index in [2.05, 4.69) is 0 Å². The van der Waals surface area contributed by atoms with Gasteiger partial charge >= 0.3 is 5.97 Å². The summed E-state index contributed by atoms with van der Waals surface area (Å²) in [5, 5.41) is 19.1. The standard InChI is InChI=1S/C23H33NO4/c25-21(18-19-10-4-3-5-11-19)16-15-20-12-7-8-13-22(26)24(20)17-9-2-1-6-14-23(27)28/h2-5,9-11,20-21,25H,1,6-8,12-18H2,(H,27,28)/b9-2-. The van der Waals surface area contributed by atoms with Crippen molar-refractivity contribution in [3.8, 4) is 0 Å². The lowest BCUT2D eigenvalue weighted by atomic mass is 9.98. The Morgan fingerprint density at radius 2 is 2.00 bits per heavy atom. The van der Waals surface area contributed by atoms with Crippen LogP contribution in [0, 0.1) is 0 Å². The zero-order valence-corrected chi connectivity index (χ0v) is 16.6. The summed E-state index contributed by atoms with van der Waals surface area (Å²) >= 11 is 0. The monoisotopic (exact) mass is 387 g/mol. The van der Waals surface area contributed by atoms with Crippen LogP contribution in [0.3, 0.4) is 0 Å². The number of benzene rings is 1. The minimum absolute atomic E-state index is 0.170. The molecule has 0 saturated carbocycles. The third kappa shape index (κ3) is 8.26. The predicted octanol–water partition coefficient (Wildman–Crippen LogP) is 3.95. The molecule has 1 aliphatic heterocycles. The third-order valence-corrected chi connectivity index (χ3v) is 5.32.